The van der Waals surface area contributed by atoms with Crippen LogP contribution >= 0.6 is 23.2 Å². The second-order valence-corrected chi connectivity index (χ2v) is 7.29. The third kappa shape index (κ3) is 4.61. The van der Waals surface area contributed by atoms with Gasteiger partial charge in [-0.1, -0.05) is 35.3 Å². The Labute approximate surface area is 162 Å². The molecule has 1 aliphatic heterocycles. The number of fused-ring (bicyclic) bond motifs is 1. The maximum absolute atomic E-state index is 12.4. The number of nitrogens with one attached hydrogen (secondary N) is 2. The van der Waals surface area contributed by atoms with Gasteiger partial charge in [0.25, 0.3) is 5.91 Å². The molecule has 2 atom stereocenters. The zero-order valence-corrected chi connectivity index (χ0v) is 16.2. The van der Waals surface area contributed by atoms with E-state index in [9.17, 15) is 4.79 Å². The van der Waals surface area contributed by atoms with Crippen LogP contribution in [0.25, 0.3) is 0 Å². The number of rotatable bonds is 6. The SMILES string of the molecule is C[C@@H](NC(=O)C[NH+](C)Cc1ccc(Cl)cc1Cl)c1ccc2c(c1)OCO2. The van der Waals surface area contributed by atoms with Crippen LogP contribution in [0.4, 0.5) is 0 Å². The maximum Gasteiger partial charge on any atom is 0.275 e. The third-order valence-corrected chi connectivity index (χ3v) is 4.83. The maximum atomic E-state index is 12.4. The van der Waals surface area contributed by atoms with Crippen LogP contribution in [-0.2, 0) is 11.3 Å². The highest BCUT2D eigenvalue weighted by atomic mass is 35.5. The van der Waals surface area contributed by atoms with Gasteiger partial charge in [-0.3, -0.25) is 4.79 Å². The zero-order chi connectivity index (χ0) is 18.7. The highest BCUT2D eigenvalue weighted by molar-refractivity contribution is 6.35. The predicted octanol–water partition coefficient (Wildman–Crippen LogP) is 2.61. The molecule has 0 spiro atoms. The normalized spacial score (nSPS) is 14.8. The van der Waals surface area contributed by atoms with E-state index >= 15 is 0 Å². The van der Waals surface area contributed by atoms with E-state index in [1.807, 2.05) is 38.2 Å². The van der Waals surface area contributed by atoms with Crippen molar-refractivity contribution in [3.63, 3.8) is 0 Å². The van der Waals surface area contributed by atoms with Gasteiger partial charge in [0.1, 0.15) is 6.54 Å². The van der Waals surface area contributed by atoms with Crippen LogP contribution in [0.5, 0.6) is 11.5 Å². The lowest BCUT2D eigenvalue weighted by molar-refractivity contribution is -0.885. The van der Waals surface area contributed by atoms with E-state index in [-0.39, 0.29) is 18.7 Å². The second-order valence-electron chi connectivity index (χ2n) is 6.45. The van der Waals surface area contributed by atoms with Crippen LogP contribution in [0, 0.1) is 0 Å². The van der Waals surface area contributed by atoms with Gasteiger partial charge in [0.05, 0.1) is 18.1 Å². The van der Waals surface area contributed by atoms with E-state index in [2.05, 4.69) is 5.32 Å². The molecule has 1 aliphatic rings. The smallest absolute Gasteiger partial charge is 0.275 e. The van der Waals surface area contributed by atoms with Crippen molar-refractivity contribution in [3.05, 3.63) is 57.6 Å². The minimum atomic E-state index is -0.121. The summed E-state index contributed by atoms with van der Waals surface area (Å²) in [6, 6.07) is 11.0. The molecular weight excluding hydrogens is 375 g/mol. The topological polar surface area (TPSA) is 52.0 Å². The molecule has 0 fully saturated rings. The third-order valence-electron chi connectivity index (χ3n) is 4.24. The first-order valence-corrected chi connectivity index (χ1v) is 9.12. The monoisotopic (exact) mass is 395 g/mol. The number of ether oxygens (including phenoxy) is 2. The van der Waals surface area contributed by atoms with Crippen LogP contribution in [-0.4, -0.2) is 26.3 Å². The summed E-state index contributed by atoms with van der Waals surface area (Å²) in [4.78, 5) is 13.4. The number of amides is 1. The number of carbonyl (C=O) groups is 1. The molecule has 0 aromatic heterocycles. The molecule has 3 rings (SSSR count). The number of carbonyl (C=O) groups excluding carboxylic acids is 1. The number of quaternary nitrogens is 1. The Hall–Kier alpha value is -1.95. The van der Waals surface area contributed by atoms with E-state index in [1.165, 1.54) is 0 Å². The minimum Gasteiger partial charge on any atom is -0.454 e. The molecule has 2 aromatic rings. The molecule has 1 unspecified atom stereocenters. The molecule has 0 saturated heterocycles. The fourth-order valence-corrected chi connectivity index (χ4v) is 3.36. The summed E-state index contributed by atoms with van der Waals surface area (Å²) in [6.45, 7) is 3.16. The molecule has 0 saturated carbocycles. The molecule has 7 heteroatoms. The Morgan fingerprint density at radius 2 is 1.96 bits per heavy atom. The van der Waals surface area contributed by atoms with Gasteiger partial charge >= 0.3 is 0 Å². The molecule has 2 aromatic carbocycles. The summed E-state index contributed by atoms with van der Waals surface area (Å²) in [5.41, 5.74) is 1.94. The lowest BCUT2D eigenvalue weighted by Gasteiger charge is -2.18. The zero-order valence-electron chi connectivity index (χ0n) is 14.6. The fraction of sp³-hybridized carbons (Fsp3) is 0.316. The number of halogens is 2. The first-order valence-electron chi connectivity index (χ1n) is 8.36. The number of likely N-dealkylation sites (N-methyl/N-ethyl adjacent to an activating group) is 1. The Kier molecular flexibility index (Phi) is 5.91. The Bertz CT molecular complexity index is 813. The molecule has 0 radical (unpaired) electrons. The van der Waals surface area contributed by atoms with Crippen molar-refractivity contribution in [1.82, 2.24) is 5.32 Å². The van der Waals surface area contributed by atoms with Crippen LogP contribution in [0.1, 0.15) is 24.1 Å². The summed E-state index contributed by atoms with van der Waals surface area (Å²) in [6.07, 6.45) is 0. The molecule has 138 valence electrons. The first kappa shape index (κ1) is 18.8. The van der Waals surface area contributed by atoms with E-state index in [1.54, 1.807) is 12.1 Å². The van der Waals surface area contributed by atoms with Gasteiger partial charge in [-0.05, 0) is 36.8 Å². The summed E-state index contributed by atoms with van der Waals surface area (Å²) in [7, 11) is 1.95. The van der Waals surface area contributed by atoms with Crippen molar-refractivity contribution in [1.29, 1.82) is 0 Å². The van der Waals surface area contributed by atoms with Crippen LogP contribution in [0.2, 0.25) is 10.0 Å². The molecule has 2 N–H and O–H groups in total. The molecule has 0 aliphatic carbocycles. The van der Waals surface area contributed by atoms with Gasteiger partial charge in [0.2, 0.25) is 6.79 Å². The average molecular weight is 396 g/mol. The van der Waals surface area contributed by atoms with E-state index < -0.39 is 0 Å². The van der Waals surface area contributed by atoms with Crippen molar-refractivity contribution >= 4 is 29.1 Å². The lowest BCUT2D eigenvalue weighted by Crippen LogP contribution is -3.08. The average Bonchev–Trinajstić information content (AvgIpc) is 3.04. The second kappa shape index (κ2) is 8.16. The van der Waals surface area contributed by atoms with Crippen molar-refractivity contribution in [2.75, 3.05) is 20.4 Å². The number of hydrogen-bond donors (Lipinski definition) is 2. The van der Waals surface area contributed by atoms with Gasteiger partial charge in [-0.2, -0.15) is 0 Å². The lowest BCUT2D eigenvalue weighted by atomic mass is 10.1. The minimum absolute atomic E-state index is 0.0299. The van der Waals surface area contributed by atoms with Crippen molar-refractivity contribution in [2.45, 2.75) is 19.5 Å². The number of hydrogen-bond acceptors (Lipinski definition) is 3. The highest BCUT2D eigenvalue weighted by Gasteiger charge is 2.18. The largest absolute Gasteiger partial charge is 0.454 e. The molecule has 5 nitrogen and oxygen atoms in total. The highest BCUT2D eigenvalue weighted by Crippen LogP contribution is 2.34. The van der Waals surface area contributed by atoms with Gasteiger partial charge in [0, 0.05) is 10.6 Å². The number of benzene rings is 2. The van der Waals surface area contributed by atoms with Gasteiger partial charge < -0.3 is 19.7 Å². The quantitative estimate of drug-likeness (QED) is 0.790. The van der Waals surface area contributed by atoms with Crippen LogP contribution < -0.4 is 19.7 Å². The van der Waals surface area contributed by atoms with Crippen molar-refractivity contribution in [3.8, 4) is 11.5 Å². The summed E-state index contributed by atoms with van der Waals surface area (Å²) in [5.74, 6) is 1.41. The Balaban J connectivity index is 1.54. The van der Waals surface area contributed by atoms with E-state index in [4.69, 9.17) is 32.7 Å². The van der Waals surface area contributed by atoms with Gasteiger partial charge in [-0.25, -0.2) is 0 Å². The van der Waals surface area contributed by atoms with Crippen LogP contribution in [0.3, 0.4) is 0 Å². The van der Waals surface area contributed by atoms with Crippen molar-refractivity contribution < 1.29 is 19.2 Å². The molecule has 26 heavy (non-hydrogen) atoms. The molecular formula is C19H21Cl2N2O3+. The fourth-order valence-electron chi connectivity index (χ4n) is 2.89. The standard InChI is InChI=1S/C19H20Cl2N2O3/c1-12(13-4-6-17-18(7-13)26-11-25-17)22-19(24)10-23(2)9-14-3-5-15(20)8-16(14)21/h3-8,12H,9-11H2,1-2H3,(H,22,24)/p+1/t12-/m1/s1. The van der Waals surface area contributed by atoms with Crippen LogP contribution in [0.15, 0.2) is 36.4 Å². The predicted molar refractivity (Wildman–Crippen MR) is 101 cm³/mol. The molecule has 0 bridgehead atoms. The molecule has 1 amide bonds. The van der Waals surface area contributed by atoms with E-state index in [0.29, 0.717) is 28.9 Å². The Morgan fingerprint density at radius 1 is 1.19 bits per heavy atom. The summed E-state index contributed by atoms with van der Waals surface area (Å²) < 4.78 is 10.7. The van der Waals surface area contributed by atoms with Gasteiger partial charge in [0.15, 0.2) is 18.0 Å². The Morgan fingerprint density at radius 3 is 2.73 bits per heavy atom. The van der Waals surface area contributed by atoms with Crippen molar-refractivity contribution in [2.24, 2.45) is 0 Å². The summed E-state index contributed by atoms with van der Waals surface area (Å²) >= 11 is 12.1. The first-order chi connectivity index (χ1) is 12.4. The van der Waals surface area contributed by atoms with E-state index in [0.717, 1.165) is 21.8 Å². The molecule has 1 heterocycles. The van der Waals surface area contributed by atoms with Gasteiger partial charge in [-0.15, -0.1) is 0 Å². The summed E-state index contributed by atoms with van der Waals surface area (Å²) in [5, 5.41) is 4.24.